The van der Waals surface area contributed by atoms with Crippen LogP contribution in [0.4, 0.5) is 13.2 Å². The van der Waals surface area contributed by atoms with Crippen molar-refractivity contribution in [1.82, 2.24) is 15.1 Å². The Hall–Kier alpha value is -1.31. The Bertz CT molecular complexity index is 715. The topological polar surface area (TPSA) is 35.6 Å². The second kappa shape index (κ2) is 8.82. The van der Waals surface area contributed by atoms with E-state index in [1.165, 1.54) is 12.1 Å². The summed E-state index contributed by atoms with van der Waals surface area (Å²) in [6, 6.07) is 5.81. The molecule has 1 amide bonds. The first-order valence-corrected chi connectivity index (χ1v) is 10.3. The summed E-state index contributed by atoms with van der Waals surface area (Å²) < 4.78 is 39.7. The zero-order valence-corrected chi connectivity index (χ0v) is 17.3. The van der Waals surface area contributed by atoms with E-state index in [-0.39, 0.29) is 18.3 Å². The number of alkyl halides is 3. The summed E-state index contributed by atoms with van der Waals surface area (Å²) in [5.74, 6) is 0.0296. The molecule has 0 radical (unpaired) electrons. The molecule has 0 bridgehead atoms. The highest BCUT2D eigenvalue weighted by Crippen LogP contribution is 2.44. The smallest absolute Gasteiger partial charge is 0.340 e. The van der Waals surface area contributed by atoms with Crippen molar-refractivity contribution in [3.05, 3.63) is 35.4 Å². The van der Waals surface area contributed by atoms with Crippen LogP contribution in [0.25, 0.3) is 0 Å². The van der Waals surface area contributed by atoms with Gasteiger partial charge < -0.3 is 10.2 Å². The predicted molar refractivity (Wildman–Crippen MR) is 108 cm³/mol. The van der Waals surface area contributed by atoms with Crippen molar-refractivity contribution in [3.63, 3.8) is 0 Å². The zero-order valence-electron chi connectivity index (χ0n) is 16.5. The predicted octanol–water partition coefficient (Wildman–Crippen LogP) is 3.45. The molecule has 1 saturated carbocycles. The van der Waals surface area contributed by atoms with Gasteiger partial charge in [-0.3, -0.25) is 9.69 Å². The molecule has 0 spiro atoms. The number of likely N-dealkylation sites (tertiary alicyclic amines) is 1. The number of halogens is 4. The summed E-state index contributed by atoms with van der Waals surface area (Å²) in [6.07, 6.45) is -0.387. The fraction of sp³-hybridized carbons (Fsp3) is 0.667. The van der Waals surface area contributed by atoms with Crippen molar-refractivity contribution in [3.8, 4) is 0 Å². The Morgan fingerprint density at radius 1 is 1.10 bits per heavy atom. The van der Waals surface area contributed by atoms with E-state index < -0.39 is 17.2 Å². The average Bonchev–Trinajstić information content (AvgIpc) is 3.38. The number of nitrogens with zero attached hydrogens (tertiary/aromatic N) is 2. The average molecular weight is 432 g/mol. The minimum absolute atomic E-state index is 0. The van der Waals surface area contributed by atoms with Crippen LogP contribution in [0, 0.1) is 0 Å². The number of rotatable bonds is 3. The zero-order chi connectivity index (χ0) is 19.8. The Balaban J connectivity index is 0.00000240. The molecule has 4 nitrogen and oxygen atoms in total. The molecule has 3 fully saturated rings. The van der Waals surface area contributed by atoms with E-state index in [1.54, 1.807) is 6.07 Å². The number of amides is 1. The lowest BCUT2D eigenvalue weighted by molar-refractivity contribution is -0.139. The minimum atomic E-state index is -4.39. The fourth-order valence-electron chi connectivity index (χ4n) is 5.17. The van der Waals surface area contributed by atoms with Crippen LogP contribution in [0.5, 0.6) is 0 Å². The summed E-state index contributed by atoms with van der Waals surface area (Å²) in [7, 11) is 0. The Kier molecular flexibility index (Phi) is 6.81. The van der Waals surface area contributed by atoms with Crippen molar-refractivity contribution < 1.29 is 18.0 Å². The molecule has 0 aromatic heterocycles. The minimum Gasteiger partial charge on any atom is -0.340 e. The quantitative estimate of drug-likeness (QED) is 0.796. The highest BCUT2D eigenvalue weighted by Gasteiger charge is 2.47. The highest BCUT2D eigenvalue weighted by molar-refractivity contribution is 5.89. The molecule has 1 unspecified atom stereocenters. The van der Waals surface area contributed by atoms with E-state index in [0.717, 1.165) is 51.5 Å². The van der Waals surface area contributed by atoms with Crippen molar-refractivity contribution >= 4 is 18.3 Å². The van der Waals surface area contributed by atoms with Gasteiger partial charge in [0, 0.05) is 45.3 Å². The van der Waals surface area contributed by atoms with Gasteiger partial charge >= 0.3 is 6.18 Å². The normalized spacial score (nSPS) is 25.1. The molecule has 1 N–H and O–H groups in total. The maximum Gasteiger partial charge on any atom is 0.416 e. The number of carbonyl (C=O) groups is 1. The van der Waals surface area contributed by atoms with Gasteiger partial charge in [-0.05, 0) is 30.9 Å². The molecule has 2 heterocycles. The molecule has 1 atom stereocenters. The molecule has 1 aromatic rings. The van der Waals surface area contributed by atoms with Gasteiger partial charge in [-0.25, -0.2) is 0 Å². The first-order valence-electron chi connectivity index (χ1n) is 10.3. The third kappa shape index (κ3) is 4.42. The van der Waals surface area contributed by atoms with Gasteiger partial charge in [-0.15, -0.1) is 12.4 Å². The third-order valence-electron chi connectivity index (χ3n) is 6.73. The molecular weight excluding hydrogens is 403 g/mol. The lowest BCUT2D eigenvalue weighted by atomic mass is 9.77. The van der Waals surface area contributed by atoms with E-state index in [1.807, 2.05) is 4.90 Å². The lowest BCUT2D eigenvalue weighted by Gasteiger charge is -2.35. The van der Waals surface area contributed by atoms with E-state index in [0.29, 0.717) is 37.5 Å². The van der Waals surface area contributed by atoms with E-state index in [2.05, 4.69) is 10.2 Å². The molecule has 3 aliphatic rings. The maximum atomic E-state index is 13.6. The van der Waals surface area contributed by atoms with Crippen molar-refractivity contribution in [1.29, 1.82) is 0 Å². The first-order chi connectivity index (χ1) is 13.4. The molecular formula is C21H29ClF3N3O. The van der Waals surface area contributed by atoms with Gasteiger partial charge in [-0.2, -0.15) is 13.2 Å². The highest BCUT2D eigenvalue weighted by atomic mass is 35.5. The van der Waals surface area contributed by atoms with Crippen LogP contribution in [0.15, 0.2) is 24.3 Å². The molecule has 162 valence electrons. The number of hydrogen-bond donors (Lipinski definition) is 1. The molecule has 8 heteroatoms. The van der Waals surface area contributed by atoms with Crippen LogP contribution in [0.1, 0.15) is 43.2 Å². The second-order valence-electron chi connectivity index (χ2n) is 8.35. The summed E-state index contributed by atoms with van der Waals surface area (Å²) >= 11 is 0. The van der Waals surface area contributed by atoms with Gasteiger partial charge in [-0.1, -0.05) is 31.0 Å². The van der Waals surface area contributed by atoms with Gasteiger partial charge in [0.05, 0.1) is 11.0 Å². The van der Waals surface area contributed by atoms with Gasteiger partial charge in [0.1, 0.15) is 0 Å². The monoisotopic (exact) mass is 431 g/mol. The molecule has 1 aliphatic carbocycles. The molecule has 1 aromatic carbocycles. The summed E-state index contributed by atoms with van der Waals surface area (Å²) in [4.78, 5) is 17.9. The van der Waals surface area contributed by atoms with Crippen molar-refractivity contribution in [2.45, 2.75) is 49.7 Å². The maximum absolute atomic E-state index is 13.6. The third-order valence-corrected chi connectivity index (χ3v) is 6.73. The van der Waals surface area contributed by atoms with Gasteiger partial charge in [0.25, 0.3) is 0 Å². The number of nitrogens with one attached hydrogen (secondary N) is 1. The number of carbonyl (C=O) groups excluding carboxylic acids is 1. The summed E-state index contributed by atoms with van der Waals surface area (Å²) in [6.45, 7) is 5.32. The molecule has 2 saturated heterocycles. The molecule has 29 heavy (non-hydrogen) atoms. The standard InChI is InChI=1S/C21H28F3N3O.ClH/c22-21(23,24)17-5-3-4-16(14-17)20(7-1-2-8-20)19(28)27-11-6-18(15-27)26-12-9-25-10-13-26;/h3-5,14,18,25H,1-2,6-13,15H2;1H. The molecule has 4 rings (SSSR count). The Morgan fingerprint density at radius 3 is 2.45 bits per heavy atom. The van der Waals surface area contributed by atoms with Gasteiger partial charge in [0.15, 0.2) is 0 Å². The van der Waals surface area contributed by atoms with Crippen molar-refractivity contribution in [2.24, 2.45) is 0 Å². The van der Waals surface area contributed by atoms with E-state index >= 15 is 0 Å². The van der Waals surface area contributed by atoms with Crippen LogP contribution in [0.2, 0.25) is 0 Å². The van der Waals surface area contributed by atoms with Crippen molar-refractivity contribution in [2.75, 3.05) is 39.3 Å². The number of benzene rings is 1. The Labute approximate surface area is 176 Å². The largest absolute Gasteiger partial charge is 0.416 e. The van der Waals surface area contributed by atoms with Crippen LogP contribution in [-0.4, -0.2) is 61.0 Å². The Morgan fingerprint density at radius 2 is 1.79 bits per heavy atom. The van der Waals surface area contributed by atoms with Crippen LogP contribution < -0.4 is 5.32 Å². The second-order valence-corrected chi connectivity index (χ2v) is 8.35. The molecule has 2 aliphatic heterocycles. The lowest BCUT2D eigenvalue weighted by Crippen LogP contribution is -2.50. The number of hydrogen-bond acceptors (Lipinski definition) is 3. The first kappa shape index (κ1) is 22.4. The SMILES string of the molecule is Cl.O=C(N1CCC(N2CCNCC2)C1)C1(c2cccc(C(F)(F)F)c2)CCCC1. The van der Waals surface area contributed by atoms with Crippen LogP contribution >= 0.6 is 12.4 Å². The summed E-state index contributed by atoms with van der Waals surface area (Å²) in [5.41, 5.74) is -0.917. The summed E-state index contributed by atoms with van der Waals surface area (Å²) in [5, 5.41) is 3.35. The van der Waals surface area contributed by atoms with E-state index in [4.69, 9.17) is 0 Å². The fourth-order valence-corrected chi connectivity index (χ4v) is 5.17. The van der Waals surface area contributed by atoms with Crippen LogP contribution in [0.3, 0.4) is 0 Å². The van der Waals surface area contributed by atoms with Gasteiger partial charge in [0.2, 0.25) is 5.91 Å². The van der Waals surface area contributed by atoms with E-state index in [9.17, 15) is 18.0 Å². The number of piperazine rings is 1. The van der Waals surface area contributed by atoms with Crippen LogP contribution in [-0.2, 0) is 16.4 Å².